The van der Waals surface area contributed by atoms with Crippen LogP contribution in [0.15, 0.2) is 75.0 Å². The van der Waals surface area contributed by atoms with E-state index in [0.29, 0.717) is 34.0 Å². The van der Waals surface area contributed by atoms with E-state index in [-0.39, 0.29) is 5.91 Å². The lowest BCUT2D eigenvalue weighted by Gasteiger charge is -2.14. The van der Waals surface area contributed by atoms with Crippen LogP contribution in [0.1, 0.15) is 26.0 Å². The molecule has 0 atom stereocenters. The number of carbonyl (C=O) groups excluding carboxylic acids is 1. The summed E-state index contributed by atoms with van der Waals surface area (Å²) in [6, 6.07) is 18.7. The summed E-state index contributed by atoms with van der Waals surface area (Å²) in [6.07, 6.45) is 2.61. The van der Waals surface area contributed by atoms with Crippen LogP contribution in [0.3, 0.4) is 0 Å². The highest BCUT2D eigenvalue weighted by Crippen LogP contribution is 2.35. The summed E-state index contributed by atoms with van der Waals surface area (Å²) in [5.74, 6) is 2.07. The normalized spacial score (nSPS) is 16.3. The third-order valence-corrected chi connectivity index (χ3v) is 6.00. The van der Waals surface area contributed by atoms with Crippen molar-refractivity contribution in [3.63, 3.8) is 0 Å². The Morgan fingerprint density at radius 2 is 1.81 bits per heavy atom. The van der Waals surface area contributed by atoms with Crippen LogP contribution in [0.5, 0.6) is 5.75 Å². The second-order valence-corrected chi connectivity index (χ2v) is 8.54. The number of thioether (sulfide) groups is 1. The van der Waals surface area contributed by atoms with Crippen LogP contribution < -0.4 is 4.74 Å². The van der Waals surface area contributed by atoms with E-state index >= 15 is 0 Å². The Labute approximate surface area is 196 Å². The molecule has 1 amide bonds. The molecule has 0 N–H and O–H groups in total. The van der Waals surface area contributed by atoms with Gasteiger partial charge in [0.1, 0.15) is 17.3 Å². The molecule has 1 aliphatic heterocycles. The maximum atomic E-state index is 13.0. The van der Waals surface area contributed by atoms with Gasteiger partial charge in [-0.3, -0.25) is 9.69 Å². The quantitative estimate of drug-likeness (QED) is 0.351. The van der Waals surface area contributed by atoms with Gasteiger partial charge < -0.3 is 9.15 Å². The summed E-state index contributed by atoms with van der Waals surface area (Å²) in [5.41, 5.74) is 1.70. The first-order valence-electron chi connectivity index (χ1n) is 10.5. The number of ether oxygens (including phenoxy) is 1. The van der Waals surface area contributed by atoms with Gasteiger partial charge in [-0.1, -0.05) is 18.5 Å². The summed E-state index contributed by atoms with van der Waals surface area (Å²) >= 11 is 7.32. The lowest BCUT2D eigenvalue weighted by Crippen LogP contribution is -2.29. The number of furan rings is 1. The molecule has 1 fully saturated rings. The third-order valence-electron chi connectivity index (χ3n) is 4.74. The van der Waals surface area contributed by atoms with Crippen molar-refractivity contribution in [3.8, 4) is 17.1 Å². The molecule has 3 aromatic rings. The molecule has 0 saturated carbocycles. The van der Waals surface area contributed by atoms with E-state index in [1.54, 1.807) is 11.0 Å². The first-order valence-corrected chi connectivity index (χ1v) is 11.7. The molecule has 1 aliphatic rings. The summed E-state index contributed by atoms with van der Waals surface area (Å²) in [6.45, 7) is 5.21. The van der Waals surface area contributed by atoms with Crippen molar-refractivity contribution in [2.75, 3.05) is 13.2 Å². The lowest BCUT2D eigenvalue weighted by atomic mass is 10.2. The zero-order valence-electron chi connectivity index (χ0n) is 17.9. The number of hydrogen-bond acceptors (Lipinski definition) is 5. The molecule has 0 bridgehead atoms. The fourth-order valence-corrected chi connectivity index (χ4v) is 4.37. The molecule has 5 nitrogen and oxygen atoms in total. The lowest BCUT2D eigenvalue weighted by molar-refractivity contribution is -0.122. The second kappa shape index (κ2) is 10.1. The number of amidine groups is 1. The molecule has 4 rings (SSSR count). The molecule has 2 heterocycles. The zero-order chi connectivity index (χ0) is 22.5. The van der Waals surface area contributed by atoms with Gasteiger partial charge in [0.2, 0.25) is 0 Å². The standard InChI is InChI=1S/C25H23ClN2O3S/c1-3-15-28-24(29)23(32-25(28)27-19-9-11-20(12-10-19)30-4-2)16-21-13-14-22(31-21)17-5-7-18(26)8-6-17/h5-14,16H,3-4,15H2,1-2H3/b23-16-,27-25?. The molecule has 0 unspecified atom stereocenters. The van der Waals surface area contributed by atoms with E-state index < -0.39 is 0 Å². The SMILES string of the molecule is CCCN1C(=O)/C(=C/c2ccc(-c3ccc(Cl)cc3)o2)SC1=Nc1ccc(OCC)cc1. The summed E-state index contributed by atoms with van der Waals surface area (Å²) in [4.78, 5) is 20.0. The van der Waals surface area contributed by atoms with Crippen molar-refractivity contribution in [2.24, 2.45) is 4.99 Å². The molecular weight excluding hydrogens is 444 g/mol. The average molecular weight is 467 g/mol. The van der Waals surface area contributed by atoms with Crippen molar-refractivity contribution in [1.29, 1.82) is 0 Å². The van der Waals surface area contributed by atoms with E-state index in [2.05, 4.69) is 0 Å². The zero-order valence-corrected chi connectivity index (χ0v) is 19.4. The van der Waals surface area contributed by atoms with Gasteiger partial charge in [-0.2, -0.15) is 0 Å². The van der Waals surface area contributed by atoms with Crippen LogP contribution in [0.25, 0.3) is 17.4 Å². The average Bonchev–Trinajstić information content (AvgIpc) is 3.37. The van der Waals surface area contributed by atoms with Gasteiger partial charge in [0.25, 0.3) is 5.91 Å². The van der Waals surface area contributed by atoms with E-state index in [4.69, 9.17) is 25.7 Å². The number of amides is 1. The topological polar surface area (TPSA) is 55.0 Å². The van der Waals surface area contributed by atoms with Crippen molar-refractivity contribution in [2.45, 2.75) is 20.3 Å². The third kappa shape index (κ3) is 5.09. The minimum atomic E-state index is -0.0639. The number of nitrogens with zero attached hydrogens (tertiary/aromatic N) is 2. The van der Waals surface area contributed by atoms with Crippen LogP contribution in [0, 0.1) is 0 Å². The second-order valence-electron chi connectivity index (χ2n) is 7.10. The highest BCUT2D eigenvalue weighted by atomic mass is 35.5. The van der Waals surface area contributed by atoms with Crippen LogP contribution in [0.4, 0.5) is 5.69 Å². The summed E-state index contributed by atoms with van der Waals surface area (Å²) < 4.78 is 11.4. The molecule has 32 heavy (non-hydrogen) atoms. The number of benzene rings is 2. The number of hydrogen-bond donors (Lipinski definition) is 0. The molecule has 1 aromatic heterocycles. The van der Waals surface area contributed by atoms with Gasteiger partial charge in [-0.25, -0.2) is 4.99 Å². The monoisotopic (exact) mass is 466 g/mol. The van der Waals surface area contributed by atoms with Crippen molar-refractivity contribution in [3.05, 3.63) is 76.4 Å². The van der Waals surface area contributed by atoms with E-state index in [1.807, 2.05) is 74.5 Å². The molecule has 0 aliphatic carbocycles. The highest BCUT2D eigenvalue weighted by molar-refractivity contribution is 8.18. The van der Waals surface area contributed by atoms with Crippen molar-refractivity contribution < 1.29 is 13.9 Å². The molecule has 2 aromatic carbocycles. The first-order chi connectivity index (χ1) is 15.6. The number of carbonyl (C=O) groups is 1. The fraction of sp³-hybridized carbons (Fsp3) is 0.200. The number of rotatable bonds is 7. The minimum Gasteiger partial charge on any atom is -0.494 e. The van der Waals surface area contributed by atoms with Gasteiger partial charge in [0.15, 0.2) is 5.17 Å². The maximum absolute atomic E-state index is 13.0. The van der Waals surface area contributed by atoms with E-state index in [9.17, 15) is 4.79 Å². The number of aliphatic imine (C=N–C) groups is 1. The fourth-order valence-electron chi connectivity index (χ4n) is 3.24. The molecule has 0 spiro atoms. The van der Waals surface area contributed by atoms with Crippen molar-refractivity contribution >= 4 is 46.2 Å². The Balaban J connectivity index is 1.58. The van der Waals surface area contributed by atoms with Gasteiger partial charge in [0, 0.05) is 23.2 Å². The Hall–Kier alpha value is -2.96. The first kappa shape index (κ1) is 22.2. The van der Waals surface area contributed by atoms with Crippen LogP contribution >= 0.6 is 23.4 Å². The van der Waals surface area contributed by atoms with Crippen LogP contribution in [-0.4, -0.2) is 29.1 Å². The van der Waals surface area contributed by atoms with Crippen molar-refractivity contribution in [1.82, 2.24) is 4.90 Å². The molecule has 1 saturated heterocycles. The number of halogens is 1. The van der Waals surface area contributed by atoms with Crippen LogP contribution in [-0.2, 0) is 4.79 Å². The molecular formula is C25H23ClN2O3S. The Bertz CT molecular complexity index is 1150. The largest absolute Gasteiger partial charge is 0.494 e. The van der Waals surface area contributed by atoms with Gasteiger partial charge in [-0.05, 0) is 85.8 Å². The van der Waals surface area contributed by atoms with E-state index in [1.165, 1.54) is 11.8 Å². The summed E-state index contributed by atoms with van der Waals surface area (Å²) in [5, 5.41) is 1.34. The van der Waals surface area contributed by atoms with Crippen LogP contribution in [0.2, 0.25) is 5.02 Å². The predicted molar refractivity (Wildman–Crippen MR) is 131 cm³/mol. The minimum absolute atomic E-state index is 0.0639. The Morgan fingerprint density at radius 1 is 1.06 bits per heavy atom. The molecule has 7 heteroatoms. The molecule has 0 radical (unpaired) electrons. The van der Waals surface area contributed by atoms with Gasteiger partial charge in [-0.15, -0.1) is 0 Å². The predicted octanol–water partition coefficient (Wildman–Crippen LogP) is 7.01. The van der Waals surface area contributed by atoms with Gasteiger partial charge >= 0.3 is 0 Å². The van der Waals surface area contributed by atoms with Gasteiger partial charge in [0.05, 0.1) is 17.2 Å². The van der Waals surface area contributed by atoms with E-state index in [0.717, 1.165) is 29.2 Å². The Kier molecular flexibility index (Phi) is 7.02. The highest BCUT2D eigenvalue weighted by Gasteiger charge is 2.33. The smallest absolute Gasteiger partial charge is 0.266 e. The maximum Gasteiger partial charge on any atom is 0.266 e. The Morgan fingerprint density at radius 3 is 2.50 bits per heavy atom. The molecule has 164 valence electrons. The summed E-state index contributed by atoms with van der Waals surface area (Å²) in [7, 11) is 0.